The molecule has 5 nitrogen and oxygen atoms in total. The van der Waals surface area contributed by atoms with Crippen LogP contribution >= 0.6 is 23.2 Å². The van der Waals surface area contributed by atoms with Crippen LogP contribution in [0.15, 0.2) is 72.9 Å². The maximum Gasteiger partial charge on any atom is 0.342 e. The number of hydrogen-bond donors (Lipinski definition) is 2. The molecule has 1 heterocycles. The lowest BCUT2D eigenvalue weighted by Gasteiger charge is -2.29. The predicted octanol–water partition coefficient (Wildman–Crippen LogP) is 6.29. The SMILES string of the molecule is NC(=O)c1ccc(C2CC2)c(CC(Cl)(OC(=O)c2cccc3cc[nH]c23)c2ccc(Cl)cc2)c1. The Balaban J connectivity index is 1.57. The molecule has 0 saturated heterocycles. The fourth-order valence-corrected chi connectivity index (χ4v) is 4.77. The summed E-state index contributed by atoms with van der Waals surface area (Å²) in [6.45, 7) is 0. The lowest BCUT2D eigenvalue weighted by molar-refractivity contribution is 0.0158. The maximum absolute atomic E-state index is 13.4. The number of halogens is 2. The Morgan fingerprint density at radius 2 is 1.82 bits per heavy atom. The highest BCUT2D eigenvalue weighted by Crippen LogP contribution is 2.45. The zero-order valence-corrected chi connectivity index (χ0v) is 19.7. The number of hydrogen-bond acceptors (Lipinski definition) is 3. The number of benzene rings is 3. The van der Waals surface area contributed by atoms with Gasteiger partial charge in [-0.05, 0) is 66.3 Å². The lowest BCUT2D eigenvalue weighted by Crippen LogP contribution is -2.30. The highest BCUT2D eigenvalue weighted by molar-refractivity contribution is 6.30. The number of H-pyrrole nitrogens is 1. The number of carbonyl (C=O) groups excluding carboxylic acids is 2. The second-order valence-electron chi connectivity index (χ2n) is 8.60. The molecule has 1 aliphatic carbocycles. The molecule has 3 N–H and O–H groups in total. The van der Waals surface area contributed by atoms with E-state index in [-0.39, 0.29) is 6.42 Å². The van der Waals surface area contributed by atoms with Gasteiger partial charge in [0.25, 0.3) is 0 Å². The number of alkyl halides is 1. The number of aromatic nitrogens is 1. The zero-order valence-electron chi connectivity index (χ0n) is 18.2. The molecule has 34 heavy (non-hydrogen) atoms. The van der Waals surface area contributed by atoms with Crippen LogP contribution in [0, 0.1) is 0 Å². The second-order valence-corrected chi connectivity index (χ2v) is 9.65. The molecule has 1 amide bonds. The van der Waals surface area contributed by atoms with E-state index < -0.39 is 16.9 Å². The minimum Gasteiger partial charge on any atom is -0.435 e. The van der Waals surface area contributed by atoms with Gasteiger partial charge in [-0.1, -0.05) is 53.5 Å². The van der Waals surface area contributed by atoms with E-state index >= 15 is 0 Å². The van der Waals surface area contributed by atoms with Crippen LogP contribution in [0.25, 0.3) is 10.9 Å². The van der Waals surface area contributed by atoms with Crippen LogP contribution in [0.2, 0.25) is 5.02 Å². The standard InChI is InChI=1S/C27H22Cl2N2O3/c28-21-9-7-20(8-10-21)27(29,34-26(33)23-3-1-2-17-12-13-31-24(17)23)15-19-14-18(25(30)32)6-11-22(19)16-4-5-16/h1-3,6-14,16,31H,4-5,15H2,(H2,30,32). The van der Waals surface area contributed by atoms with Crippen LogP contribution in [-0.4, -0.2) is 16.9 Å². The number of ether oxygens (including phenoxy) is 1. The summed E-state index contributed by atoms with van der Waals surface area (Å²) in [5, 5.41) is -0.0954. The number of amides is 1. The Hall–Kier alpha value is -3.28. The predicted molar refractivity (Wildman–Crippen MR) is 133 cm³/mol. The highest BCUT2D eigenvalue weighted by atomic mass is 35.5. The minimum atomic E-state index is -1.53. The smallest absolute Gasteiger partial charge is 0.342 e. The molecular weight excluding hydrogens is 471 g/mol. The largest absolute Gasteiger partial charge is 0.435 e. The third-order valence-electron chi connectivity index (χ3n) is 6.20. The number of nitrogens with two attached hydrogens (primary N) is 1. The van der Waals surface area contributed by atoms with Crippen molar-refractivity contribution >= 4 is 46.0 Å². The summed E-state index contributed by atoms with van der Waals surface area (Å²) >= 11 is 13.2. The summed E-state index contributed by atoms with van der Waals surface area (Å²) in [6, 6.07) is 19.6. The van der Waals surface area contributed by atoms with Crippen molar-refractivity contribution < 1.29 is 14.3 Å². The van der Waals surface area contributed by atoms with Gasteiger partial charge in [0.05, 0.1) is 11.1 Å². The van der Waals surface area contributed by atoms with E-state index in [0.717, 1.165) is 29.4 Å². The van der Waals surface area contributed by atoms with E-state index in [4.69, 9.17) is 33.7 Å². The fraction of sp³-hybridized carbons (Fsp3) is 0.185. The van der Waals surface area contributed by atoms with E-state index in [1.165, 1.54) is 0 Å². The number of aromatic amines is 1. The van der Waals surface area contributed by atoms with Crippen LogP contribution in [0.4, 0.5) is 0 Å². The van der Waals surface area contributed by atoms with E-state index in [1.807, 2.05) is 18.2 Å². The molecule has 0 radical (unpaired) electrons. The molecule has 4 aromatic rings. The highest BCUT2D eigenvalue weighted by Gasteiger charge is 2.38. The van der Waals surface area contributed by atoms with Crippen LogP contribution in [0.5, 0.6) is 0 Å². The Bertz CT molecular complexity index is 1390. The average Bonchev–Trinajstić information content (AvgIpc) is 3.54. The van der Waals surface area contributed by atoms with Gasteiger partial charge in [-0.25, -0.2) is 4.79 Å². The van der Waals surface area contributed by atoms with Gasteiger partial charge >= 0.3 is 5.97 Å². The molecule has 5 rings (SSSR count). The molecule has 1 aromatic heterocycles. The molecule has 0 spiro atoms. The number of fused-ring (bicyclic) bond motifs is 1. The van der Waals surface area contributed by atoms with Crippen molar-refractivity contribution in [2.45, 2.75) is 30.2 Å². The van der Waals surface area contributed by atoms with Gasteiger partial charge in [-0.15, -0.1) is 0 Å². The van der Waals surface area contributed by atoms with Crippen LogP contribution < -0.4 is 5.73 Å². The average molecular weight is 493 g/mol. The molecule has 1 unspecified atom stereocenters. The van der Waals surface area contributed by atoms with Crippen LogP contribution in [0.1, 0.15) is 56.2 Å². The topological polar surface area (TPSA) is 85.2 Å². The van der Waals surface area contributed by atoms with Crippen LogP contribution in [-0.2, 0) is 16.2 Å². The summed E-state index contributed by atoms with van der Waals surface area (Å²) in [5.41, 5.74) is 9.49. The summed E-state index contributed by atoms with van der Waals surface area (Å²) in [4.78, 5) is 28.3. The van der Waals surface area contributed by atoms with Gasteiger partial charge in [-0.2, -0.15) is 0 Å². The number of primary amides is 1. The quantitative estimate of drug-likeness (QED) is 0.234. The molecule has 1 saturated carbocycles. The van der Waals surface area contributed by atoms with Gasteiger partial charge < -0.3 is 15.5 Å². The van der Waals surface area contributed by atoms with Gasteiger partial charge in [0.2, 0.25) is 11.0 Å². The van der Waals surface area contributed by atoms with Crippen molar-refractivity contribution in [3.05, 3.63) is 106 Å². The van der Waals surface area contributed by atoms with Crippen molar-refractivity contribution in [3.8, 4) is 0 Å². The molecule has 0 aliphatic heterocycles. The Morgan fingerprint density at radius 3 is 2.53 bits per heavy atom. The Morgan fingerprint density at radius 1 is 1.06 bits per heavy atom. The normalized spacial score (nSPS) is 15.1. The summed E-state index contributed by atoms with van der Waals surface area (Å²) in [6.07, 6.45) is 4.06. The number of carbonyl (C=O) groups is 2. The number of nitrogens with one attached hydrogen (secondary N) is 1. The third-order valence-corrected chi connectivity index (χ3v) is 6.88. The van der Waals surface area contributed by atoms with Gasteiger partial charge in [0, 0.05) is 34.2 Å². The molecular formula is C27H22Cl2N2O3. The summed E-state index contributed by atoms with van der Waals surface area (Å²) in [7, 11) is 0. The fourth-order valence-electron chi connectivity index (χ4n) is 4.30. The van der Waals surface area contributed by atoms with Crippen molar-refractivity contribution in [2.75, 3.05) is 0 Å². The van der Waals surface area contributed by atoms with Crippen molar-refractivity contribution in [3.63, 3.8) is 0 Å². The first-order valence-corrected chi connectivity index (χ1v) is 11.8. The zero-order chi connectivity index (χ0) is 23.9. The summed E-state index contributed by atoms with van der Waals surface area (Å²) < 4.78 is 6.03. The minimum absolute atomic E-state index is 0.162. The van der Waals surface area contributed by atoms with E-state index in [1.54, 1.807) is 54.7 Å². The molecule has 1 atom stereocenters. The Kier molecular flexibility index (Phi) is 5.84. The first-order chi connectivity index (χ1) is 16.3. The molecule has 0 bridgehead atoms. The first-order valence-electron chi connectivity index (χ1n) is 11.0. The monoisotopic (exact) mass is 492 g/mol. The maximum atomic E-state index is 13.4. The van der Waals surface area contributed by atoms with Crippen LogP contribution in [0.3, 0.4) is 0 Å². The van der Waals surface area contributed by atoms with Crippen molar-refractivity contribution in [1.82, 2.24) is 4.98 Å². The molecule has 7 heteroatoms. The van der Waals surface area contributed by atoms with Gasteiger partial charge in [0.15, 0.2) is 0 Å². The van der Waals surface area contributed by atoms with E-state index in [9.17, 15) is 9.59 Å². The number of para-hydroxylation sites is 1. The second kappa shape index (κ2) is 8.82. The molecule has 3 aromatic carbocycles. The lowest BCUT2D eigenvalue weighted by atomic mass is 9.93. The van der Waals surface area contributed by atoms with Gasteiger partial charge in [0.1, 0.15) is 0 Å². The molecule has 1 aliphatic rings. The van der Waals surface area contributed by atoms with E-state index in [0.29, 0.717) is 33.1 Å². The van der Waals surface area contributed by atoms with Gasteiger partial charge in [-0.3, -0.25) is 4.79 Å². The third kappa shape index (κ3) is 4.41. The van der Waals surface area contributed by atoms with Crippen molar-refractivity contribution in [2.24, 2.45) is 5.73 Å². The first kappa shape index (κ1) is 22.5. The molecule has 172 valence electrons. The Labute approximate surface area is 206 Å². The summed E-state index contributed by atoms with van der Waals surface area (Å²) in [5.74, 6) is -0.686. The van der Waals surface area contributed by atoms with Crippen molar-refractivity contribution in [1.29, 1.82) is 0 Å². The van der Waals surface area contributed by atoms with E-state index in [2.05, 4.69) is 4.98 Å². The number of rotatable bonds is 7. The number of esters is 1. The molecule has 1 fully saturated rings.